The number of hydrogen-bond donors (Lipinski definition) is 1. The topological polar surface area (TPSA) is 55.2 Å². The molecule has 0 saturated heterocycles. The Morgan fingerprint density at radius 3 is 2.68 bits per heavy atom. The van der Waals surface area contributed by atoms with Gasteiger partial charge in [-0.3, -0.25) is 9.97 Å². The summed E-state index contributed by atoms with van der Waals surface area (Å²) in [5.41, 5.74) is 2.07. The van der Waals surface area contributed by atoms with Crippen molar-refractivity contribution in [3.05, 3.63) is 53.6 Å². The van der Waals surface area contributed by atoms with Crippen molar-refractivity contribution in [2.75, 3.05) is 6.61 Å². The number of nitrogens with zero attached hydrogens (tertiary/aromatic N) is 2. The Morgan fingerprint density at radius 2 is 2.00 bits per heavy atom. The molecule has 4 heteroatoms. The second-order valence-corrected chi connectivity index (χ2v) is 4.37. The molecule has 2 aromatic rings. The number of aryl methyl sites for hydroxylation is 1. The van der Waals surface area contributed by atoms with E-state index in [0.29, 0.717) is 23.6 Å². The molecule has 4 nitrogen and oxygen atoms in total. The summed E-state index contributed by atoms with van der Waals surface area (Å²) < 4.78 is 5.64. The number of aromatic nitrogens is 2. The van der Waals surface area contributed by atoms with Gasteiger partial charge in [0.05, 0.1) is 24.2 Å². The second kappa shape index (κ2) is 6.29. The number of rotatable bonds is 5. The van der Waals surface area contributed by atoms with Gasteiger partial charge in [0.1, 0.15) is 11.9 Å². The molecule has 1 aromatic heterocycles. The lowest BCUT2D eigenvalue weighted by Crippen LogP contribution is -2.07. The van der Waals surface area contributed by atoms with E-state index in [1.807, 2.05) is 38.1 Å². The minimum absolute atomic E-state index is 0.526. The highest BCUT2D eigenvalue weighted by molar-refractivity contribution is 5.38. The van der Waals surface area contributed by atoms with Crippen molar-refractivity contribution in [1.29, 1.82) is 0 Å². The molecule has 0 spiro atoms. The van der Waals surface area contributed by atoms with Crippen molar-refractivity contribution < 1.29 is 9.84 Å². The number of aliphatic hydroxyl groups is 1. The summed E-state index contributed by atoms with van der Waals surface area (Å²) in [6, 6.07) is 7.47. The molecule has 1 atom stereocenters. The van der Waals surface area contributed by atoms with Gasteiger partial charge in [-0.2, -0.15) is 0 Å². The molecule has 2 rings (SSSR count). The van der Waals surface area contributed by atoms with Gasteiger partial charge in [0.2, 0.25) is 0 Å². The van der Waals surface area contributed by atoms with E-state index in [9.17, 15) is 5.11 Å². The zero-order valence-corrected chi connectivity index (χ0v) is 11.2. The van der Waals surface area contributed by atoms with Crippen molar-refractivity contribution in [1.82, 2.24) is 9.97 Å². The molecular weight excluding hydrogens is 240 g/mol. The SMILES string of the molecule is CCCOc1ccccc1C(O)c1cnc(C)cn1. The molecule has 0 fully saturated rings. The van der Waals surface area contributed by atoms with Crippen molar-refractivity contribution in [2.24, 2.45) is 0 Å². The minimum atomic E-state index is -0.818. The Labute approximate surface area is 113 Å². The summed E-state index contributed by atoms with van der Waals surface area (Å²) in [5, 5.41) is 10.4. The van der Waals surface area contributed by atoms with Gasteiger partial charge in [0.25, 0.3) is 0 Å². The molecule has 1 heterocycles. The van der Waals surface area contributed by atoms with Crippen LogP contribution in [0.3, 0.4) is 0 Å². The second-order valence-electron chi connectivity index (χ2n) is 4.37. The summed E-state index contributed by atoms with van der Waals surface area (Å²) in [6.45, 7) is 4.54. The van der Waals surface area contributed by atoms with E-state index in [-0.39, 0.29) is 0 Å². The van der Waals surface area contributed by atoms with Crippen LogP contribution in [0.5, 0.6) is 5.75 Å². The molecule has 0 saturated carbocycles. The maximum absolute atomic E-state index is 10.4. The zero-order valence-electron chi connectivity index (χ0n) is 11.2. The van der Waals surface area contributed by atoms with Crippen LogP contribution in [0.15, 0.2) is 36.7 Å². The van der Waals surface area contributed by atoms with Gasteiger partial charge in [0.15, 0.2) is 0 Å². The molecule has 19 heavy (non-hydrogen) atoms. The number of aliphatic hydroxyl groups excluding tert-OH is 1. The van der Waals surface area contributed by atoms with Crippen LogP contribution in [-0.2, 0) is 0 Å². The van der Waals surface area contributed by atoms with Crippen LogP contribution in [0.4, 0.5) is 0 Å². The number of para-hydroxylation sites is 1. The molecule has 1 aromatic carbocycles. The lowest BCUT2D eigenvalue weighted by atomic mass is 10.1. The molecule has 0 amide bonds. The van der Waals surface area contributed by atoms with Crippen LogP contribution in [-0.4, -0.2) is 21.7 Å². The number of ether oxygens (including phenoxy) is 1. The fraction of sp³-hybridized carbons (Fsp3) is 0.333. The van der Waals surface area contributed by atoms with E-state index in [1.165, 1.54) is 0 Å². The van der Waals surface area contributed by atoms with Crippen LogP contribution in [0.2, 0.25) is 0 Å². The fourth-order valence-corrected chi connectivity index (χ4v) is 1.75. The fourth-order valence-electron chi connectivity index (χ4n) is 1.75. The molecule has 0 aliphatic rings. The Hall–Kier alpha value is -1.94. The smallest absolute Gasteiger partial charge is 0.126 e. The monoisotopic (exact) mass is 258 g/mol. The number of hydrogen-bond acceptors (Lipinski definition) is 4. The van der Waals surface area contributed by atoms with Gasteiger partial charge in [-0.1, -0.05) is 25.1 Å². The molecule has 0 radical (unpaired) electrons. The highest BCUT2D eigenvalue weighted by atomic mass is 16.5. The summed E-state index contributed by atoms with van der Waals surface area (Å²) in [7, 11) is 0. The number of benzene rings is 1. The highest BCUT2D eigenvalue weighted by Gasteiger charge is 2.16. The first kappa shape index (κ1) is 13.5. The van der Waals surface area contributed by atoms with Crippen molar-refractivity contribution >= 4 is 0 Å². The van der Waals surface area contributed by atoms with E-state index >= 15 is 0 Å². The first-order valence-corrected chi connectivity index (χ1v) is 6.40. The first-order chi connectivity index (χ1) is 9.22. The van der Waals surface area contributed by atoms with E-state index in [1.54, 1.807) is 12.4 Å². The summed E-state index contributed by atoms with van der Waals surface area (Å²) >= 11 is 0. The van der Waals surface area contributed by atoms with Crippen molar-refractivity contribution in [2.45, 2.75) is 26.4 Å². The Balaban J connectivity index is 2.27. The molecule has 0 aliphatic heterocycles. The third-order valence-corrected chi connectivity index (χ3v) is 2.76. The zero-order chi connectivity index (χ0) is 13.7. The first-order valence-electron chi connectivity index (χ1n) is 6.40. The largest absolute Gasteiger partial charge is 0.493 e. The average molecular weight is 258 g/mol. The summed E-state index contributed by atoms with van der Waals surface area (Å²) in [6.07, 6.45) is 3.35. The molecule has 0 aliphatic carbocycles. The van der Waals surface area contributed by atoms with Gasteiger partial charge in [-0.05, 0) is 19.4 Å². The van der Waals surface area contributed by atoms with Gasteiger partial charge >= 0.3 is 0 Å². The van der Waals surface area contributed by atoms with Crippen LogP contribution in [0.25, 0.3) is 0 Å². The Morgan fingerprint density at radius 1 is 1.21 bits per heavy atom. The summed E-state index contributed by atoms with van der Waals surface area (Å²) in [4.78, 5) is 8.36. The molecule has 1 unspecified atom stereocenters. The van der Waals surface area contributed by atoms with E-state index in [4.69, 9.17) is 4.74 Å². The standard InChI is InChI=1S/C15H18N2O2/c1-3-8-19-14-7-5-4-6-12(14)15(18)13-10-16-11(2)9-17-13/h4-7,9-10,15,18H,3,8H2,1-2H3. The quantitative estimate of drug-likeness (QED) is 0.895. The van der Waals surface area contributed by atoms with Crippen LogP contribution < -0.4 is 4.74 Å². The molecule has 100 valence electrons. The van der Waals surface area contributed by atoms with Crippen molar-refractivity contribution in [3.63, 3.8) is 0 Å². The predicted molar refractivity (Wildman–Crippen MR) is 73.1 cm³/mol. The van der Waals surface area contributed by atoms with Crippen LogP contribution in [0.1, 0.15) is 36.4 Å². The van der Waals surface area contributed by atoms with Gasteiger partial charge < -0.3 is 9.84 Å². The average Bonchev–Trinajstić information content (AvgIpc) is 2.45. The Kier molecular flexibility index (Phi) is 4.47. The van der Waals surface area contributed by atoms with E-state index in [2.05, 4.69) is 9.97 Å². The normalized spacial score (nSPS) is 12.2. The lowest BCUT2D eigenvalue weighted by molar-refractivity contribution is 0.205. The molecular formula is C15H18N2O2. The van der Waals surface area contributed by atoms with Gasteiger partial charge in [-0.25, -0.2) is 0 Å². The third-order valence-electron chi connectivity index (χ3n) is 2.76. The lowest BCUT2D eigenvalue weighted by Gasteiger charge is -2.15. The van der Waals surface area contributed by atoms with Gasteiger partial charge in [-0.15, -0.1) is 0 Å². The highest BCUT2D eigenvalue weighted by Crippen LogP contribution is 2.28. The predicted octanol–water partition coefficient (Wildman–Crippen LogP) is 2.66. The molecule has 1 N–H and O–H groups in total. The minimum Gasteiger partial charge on any atom is -0.493 e. The summed E-state index contributed by atoms with van der Waals surface area (Å²) in [5.74, 6) is 0.694. The van der Waals surface area contributed by atoms with Crippen LogP contribution in [0, 0.1) is 6.92 Å². The van der Waals surface area contributed by atoms with E-state index in [0.717, 1.165) is 12.1 Å². The third kappa shape index (κ3) is 3.29. The Bertz CT molecular complexity index is 526. The maximum Gasteiger partial charge on any atom is 0.126 e. The van der Waals surface area contributed by atoms with Crippen LogP contribution >= 0.6 is 0 Å². The van der Waals surface area contributed by atoms with E-state index < -0.39 is 6.10 Å². The van der Waals surface area contributed by atoms with Gasteiger partial charge in [0, 0.05) is 11.8 Å². The maximum atomic E-state index is 10.4. The van der Waals surface area contributed by atoms with Crippen molar-refractivity contribution in [3.8, 4) is 5.75 Å². The molecule has 0 bridgehead atoms.